The highest BCUT2D eigenvalue weighted by atomic mass is 16.5. The van der Waals surface area contributed by atoms with Crippen LogP contribution in [0.1, 0.15) is 17.0 Å². The molecule has 1 atom stereocenters. The summed E-state index contributed by atoms with van der Waals surface area (Å²) in [5.41, 5.74) is 1.69. The van der Waals surface area contributed by atoms with Gasteiger partial charge in [0, 0.05) is 44.6 Å². The first-order valence-corrected chi connectivity index (χ1v) is 8.22. The number of hydrogen-bond donors (Lipinski definition) is 2. The number of aryl methyl sites for hydroxylation is 1. The first-order valence-electron chi connectivity index (χ1n) is 8.22. The maximum absolute atomic E-state index is 12.6. The third kappa shape index (κ3) is 4.42. The molecule has 0 aromatic carbocycles. The monoisotopic (exact) mass is 343 g/mol. The molecule has 3 rings (SSSR count). The quantitative estimate of drug-likeness (QED) is 0.795. The van der Waals surface area contributed by atoms with E-state index in [0.717, 1.165) is 11.3 Å². The molecule has 0 aliphatic carbocycles. The highest BCUT2D eigenvalue weighted by Gasteiger charge is 2.32. The fourth-order valence-electron chi connectivity index (χ4n) is 2.79. The normalized spacial score (nSPS) is 17.3. The number of nitrogens with one attached hydrogen (secondary N) is 2. The number of pyridine rings is 1. The maximum Gasteiger partial charge on any atom is 0.244 e. The van der Waals surface area contributed by atoms with Crippen LogP contribution in [0.2, 0.25) is 0 Å². The van der Waals surface area contributed by atoms with E-state index >= 15 is 0 Å². The molecule has 8 heteroatoms. The Morgan fingerprint density at radius 3 is 2.92 bits per heavy atom. The van der Waals surface area contributed by atoms with Gasteiger partial charge in [0.15, 0.2) is 0 Å². The van der Waals surface area contributed by atoms with Crippen LogP contribution in [0.15, 0.2) is 35.1 Å². The average Bonchev–Trinajstić information content (AvgIpc) is 3.05. The third-order valence-corrected chi connectivity index (χ3v) is 4.08. The summed E-state index contributed by atoms with van der Waals surface area (Å²) in [7, 11) is 0. The predicted molar refractivity (Wildman–Crippen MR) is 89.4 cm³/mol. The van der Waals surface area contributed by atoms with E-state index in [-0.39, 0.29) is 18.2 Å². The lowest BCUT2D eigenvalue weighted by Gasteiger charge is -2.35. The second kappa shape index (κ2) is 7.89. The SMILES string of the molecule is Cc1cc(CC(=O)N2CCNC[C@H]2C(=O)NCc2ccncc2)on1. The van der Waals surface area contributed by atoms with Crippen LogP contribution in [0.3, 0.4) is 0 Å². The van der Waals surface area contributed by atoms with Crippen molar-refractivity contribution in [3.05, 3.63) is 47.6 Å². The minimum atomic E-state index is -0.535. The van der Waals surface area contributed by atoms with Gasteiger partial charge in [0.2, 0.25) is 11.8 Å². The minimum absolute atomic E-state index is 0.106. The van der Waals surface area contributed by atoms with E-state index in [4.69, 9.17) is 4.52 Å². The average molecular weight is 343 g/mol. The molecule has 0 spiro atoms. The first-order chi connectivity index (χ1) is 12.1. The van der Waals surface area contributed by atoms with Crippen LogP contribution >= 0.6 is 0 Å². The van der Waals surface area contributed by atoms with Gasteiger partial charge in [0.1, 0.15) is 11.8 Å². The van der Waals surface area contributed by atoms with Crippen LogP contribution in [0.4, 0.5) is 0 Å². The summed E-state index contributed by atoms with van der Waals surface area (Å²) in [5.74, 6) is 0.199. The lowest BCUT2D eigenvalue weighted by Crippen LogP contribution is -2.59. The van der Waals surface area contributed by atoms with Crippen LogP contribution < -0.4 is 10.6 Å². The number of hydrogen-bond acceptors (Lipinski definition) is 6. The zero-order chi connectivity index (χ0) is 17.6. The highest BCUT2D eigenvalue weighted by Crippen LogP contribution is 2.10. The van der Waals surface area contributed by atoms with Gasteiger partial charge in [-0.3, -0.25) is 14.6 Å². The van der Waals surface area contributed by atoms with E-state index in [9.17, 15) is 9.59 Å². The van der Waals surface area contributed by atoms with E-state index in [2.05, 4.69) is 20.8 Å². The van der Waals surface area contributed by atoms with Crippen LogP contribution in [0.5, 0.6) is 0 Å². The molecule has 1 aliphatic rings. The maximum atomic E-state index is 12.6. The molecular formula is C17H21N5O3. The van der Waals surface area contributed by atoms with Crippen molar-refractivity contribution in [2.75, 3.05) is 19.6 Å². The number of carbonyl (C=O) groups excluding carboxylic acids is 2. The Balaban J connectivity index is 1.61. The molecule has 1 saturated heterocycles. The van der Waals surface area contributed by atoms with Crippen LogP contribution in [0.25, 0.3) is 0 Å². The fraction of sp³-hybridized carbons (Fsp3) is 0.412. The van der Waals surface area contributed by atoms with E-state index in [0.29, 0.717) is 31.9 Å². The van der Waals surface area contributed by atoms with Crippen molar-refractivity contribution in [1.29, 1.82) is 0 Å². The van der Waals surface area contributed by atoms with Crippen molar-refractivity contribution in [2.45, 2.75) is 25.9 Å². The molecule has 1 aliphatic heterocycles. The molecule has 0 radical (unpaired) electrons. The Morgan fingerprint density at radius 2 is 2.20 bits per heavy atom. The number of aromatic nitrogens is 2. The largest absolute Gasteiger partial charge is 0.361 e. The van der Waals surface area contributed by atoms with Gasteiger partial charge in [0.05, 0.1) is 12.1 Å². The van der Waals surface area contributed by atoms with E-state index in [1.807, 2.05) is 12.1 Å². The van der Waals surface area contributed by atoms with Gasteiger partial charge < -0.3 is 20.1 Å². The van der Waals surface area contributed by atoms with Crippen LogP contribution in [-0.2, 0) is 22.6 Å². The Labute approximate surface area is 145 Å². The topological polar surface area (TPSA) is 100 Å². The molecule has 2 amide bonds. The Hall–Kier alpha value is -2.74. The van der Waals surface area contributed by atoms with Gasteiger partial charge in [-0.2, -0.15) is 0 Å². The van der Waals surface area contributed by atoms with Crippen molar-refractivity contribution >= 4 is 11.8 Å². The van der Waals surface area contributed by atoms with Gasteiger partial charge in [-0.15, -0.1) is 0 Å². The summed E-state index contributed by atoms with van der Waals surface area (Å²) in [5, 5.41) is 9.84. The van der Waals surface area contributed by atoms with Crippen molar-refractivity contribution in [3.63, 3.8) is 0 Å². The minimum Gasteiger partial charge on any atom is -0.361 e. The van der Waals surface area contributed by atoms with E-state index < -0.39 is 6.04 Å². The second-order valence-corrected chi connectivity index (χ2v) is 5.99. The summed E-state index contributed by atoms with van der Waals surface area (Å²) in [4.78, 5) is 30.7. The molecule has 8 nitrogen and oxygen atoms in total. The molecule has 2 aromatic heterocycles. The fourth-order valence-corrected chi connectivity index (χ4v) is 2.79. The second-order valence-electron chi connectivity index (χ2n) is 5.99. The zero-order valence-electron chi connectivity index (χ0n) is 14.1. The number of rotatable bonds is 5. The molecule has 0 unspecified atom stereocenters. The smallest absolute Gasteiger partial charge is 0.244 e. The molecule has 3 heterocycles. The number of piperazine rings is 1. The standard InChI is InChI=1S/C17H21N5O3/c1-12-8-14(25-21-12)9-16(23)22-7-6-19-11-15(22)17(24)20-10-13-2-4-18-5-3-13/h2-5,8,15,19H,6-7,9-11H2,1H3,(H,20,24)/t15-/m0/s1. The van der Waals surface area contributed by atoms with Crippen molar-refractivity contribution in [2.24, 2.45) is 0 Å². The summed E-state index contributed by atoms with van der Waals surface area (Å²) in [6, 6.07) is 4.88. The van der Waals surface area contributed by atoms with Gasteiger partial charge in [0.25, 0.3) is 0 Å². The molecule has 2 N–H and O–H groups in total. The van der Waals surface area contributed by atoms with Crippen molar-refractivity contribution in [1.82, 2.24) is 25.7 Å². The zero-order valence-corrected chi connectivity index (χ0v) is 14.1. The van der Waals surface area contributed by atoms with Gasteiger partial charge >= 0.3 is 0 Å². The molecule has 25 heavy (non-hydrogen) atoms. The predicted octanol–water partition coefficient (Wildman–Crippen LogP) is 0.0373. The summed E-state index contributed by atoms with van der Waals surface area (Å²) in [6.45, 7) is 3.79. The van der Waals surface area contributed by atoms with E-state index in [1.165, 1.54) is 0 Å². The number of nitrogens with zero attached hydrogens (tertiary/aromatic N) is 3. The Morgan fingerprint density at radius 1 is 1.40 bits per heavy atom. The summed E-state index contributed by atoms with van der Waals surface area (Å²) < 4.78 is 5.11. The number of carbonyl (C=O) groups is 2. The lowest BCUT2D eigenvalue weighted by atomic mass is 10.1. The highest BCUT2D eigenvalue weighted by molar-refractivity contribution is 5.88. The van der Waals surface area contributed by atoms with Gasteiger partial charge in [-0.1, -0.05) is 5.16 Å². The van der Waals surface area contributed by atoms with Gasteiger partial charge in [-0.25, -0.2) is 0 Å². The number of amides is 2. The molecule has 0 bridgehead atoms. The molecular weight excluding hydrogens is 322 g/mol. The molecule has 132 valence electrons. The third-order valence-electron chi connectivity index (χ3n) is 4.08. The Kier molecular flexibility index (Phi) is 5.39. The summed E-state index contributed by atoms with van der Waals surface area (Å²) >= 11 is 0. The molecule has 2 aromatic rings. The van der Waals surface area contributed by atoms with E-state index in [1.54, 1.807) is 30.3 Å². The van der Waals surface area contributed by atoms with Gasteiger partial charge in [-0.05, 0) is 24.6 Å². The van der Waals surface area contributed by atoms with Crippen molar-refractivity contribution in [3.8, 4) is 0 Å². The molecule has 1 fully saturated rings. The van der Waals surface area contributed by atoms with Crippen LogP contribution in [-0.4, -0.2) is 52.5 Å². The first kappa shape index (κ1) is 17.1. The Bertz CT molecular complexity index is 731. The van der Waals surface area contributed by atoms with Crippen molar-refractivity contribution < 1.29 is 14.1 Å². The van der Waals surface area contributed by atoms with Crippen LogP contribution in [0, 0.1) is 6.92 Å². The molecule has 0 saturated carbocycles. The summed E-state index contributed by atoms with van der Waals surface area (Å²) in [6.07, 6.45) is 3.46. The lowest BCUT2D eigenvalue weighted by molar-refractivity contribution is -0.141.